The number of amides is 1. The van der Waals surface area contributed by atoms with Gasteiger partial charge in [0.1, 0.15) is 5.75 Å². The molecule has 2 N–H and O–H groups in total. The van der Waals surface area contributed by atoms with Crippen molar-refractivity contribution in [1.29, 1.82) is 0 Å². The number of piperidine rings is 1. The van der Waals surface area contributed by atoms with Crippen molar-refractivity contribution < 1.29 is 14.6 Å². The maximum absolute atomic E-state index is 12.4. The summed E-state index contributed by atoms with van der Waals surface area (Å²) in [6.45, 7) is 4.13. The van der Waals surface area contributed by atoms with E-state index in [1.54, 1.807) is 7.11 Å². The Hall–Kier alpha value is -1.59. The monoisotopic (exact) mass is 360 g/mol. The van der Waals surface area contributed by atoms with Gasteiger partial charge in [0, 0.05) is 19.1 Å². The van der Waals surface area contributed by atoms with Gasteiger partial charge in [-0.25, -0.2) is 0 Å². The van der Waals surface area contributed by atoms with Crippen molar-refractivity contribution >= 4 is 5.91 Å². The summed E-state index contributed by atoms with van der Waals surface area (Å²) in [7, 11) is 1.64. The number of carbonyl (C=O) groups excluding carboxylic acids is 1. The lowest BCUT2D eigenvalue weighted by molar-refractivity contribution is -0.124. The van der Waals surface area contributed by atoms with E-state index in [1.165, 1.54) is 19.3 Å². The molecular formula is C21H32N2O3. The van der Waals surface area contributed by atoms with E-state index in [-0.39, 0.29) is 5.91 Å². The number of methoxy groups -OCH3 is 1. The quantitative estimate of drug-likeness (QED) is 0.847. The lowest BCUT2D eigenvalue weighted by Crippen LogP contribution is -2.49. The van der Waals surface area contributed by atoms with Gasteiger partial charge in [-0.05, 0) is 49.3 Å². The zero-order valence-electron chi connectivity index (χ0n) is 16.0. The van der Waals surface area contributed by atoms with E-state index in [4.69, 9.17) is 4.74 Å². The lowest BCUT2D eigenvalue weighted by Gasteiger charge is -2.38. The number of carbonyl (C=O) groups is 1. The van der Waals surface area contributed by atoms with Gasteiger partial charge < -0.3 is 15.2 Å². The van der Waals surface area contributed by atoms with Crippen molar-refractivity contribution in [3.8, 4) is 5.75 Å². The maximum Gasteiger partial charge on any atom is 0.234 e. The van der Waals surface area contributed by atoms with Crippen LogP contribution in [0.1, 0.15) is 51.0 Å². The van der Waals surface area contributed by atoms with E-state index in [0.717, 1.165) is 30.8 Å². The minimum absolute atomic E-state index is 0.124. The van der Waals surface area contributed by atoms with Crippen molar-refractivity contribution in [3.63, 3.8) is 0 Å². The Kier molecular flexibility index (Phi) is 6.20. The standard InChI is InChI=1S/C21H32N2O3/c1-16-5-3-4-6-19(16)22-20(24)15-23-13-11-21(25,12-14-23)17-7-9-18(26-2)10-8-17/h7-10,16,19,25H,3-6,11-15H2,1-2H3,(H,22,24)/t16-,19-/m1/s1. The van der Waals surface area contributed by atoms with Crippen molar-refractivity contribution in [3.05, 3.63) is 29.8 Å². The van der Waals surface area contributed by atoms with Gasteiger partial charge in [0.2, 0.25) is 5.91 Å². The van der Waals surface area contributed by atoms with Crippen LogP contribution in [0.3, 0.4) is 0 Å². The maximum atomic E-state index is 12.4. The fourth-order valence-electron chi connectivity index (χ4n) is 4.26. The van der Waals surface area contributed by atoms with E-state index >= 15 is 0 Å². The molecule has 1 amide bonds. The Morgan fingerprint density at radius 2 is 1.88 bits per heavy atom. The van der Waals surface area contributed by atoms with Gasteiger partial charge in [-0.15, -0.1) is 0 Å². The third-order valence-electron chi connectivity index (χ3n) is 6.14. The highest BCUT2D eigenvalue weighted by atomic mass is 16.5. The molecule has 1 aliphatic heterocycles. The van der Waals surface area contributed by atoms with E-state index < -0.39 is 5.60 Å². The van der Waals surface area contributed by atoms with E-state index in [9.17, 15) is 9.90 Å². The molecule has 1 aromatic rings. The SMILES string of the molecule is COc1ccc(C2(O)CCN(CC(=O)N[C@@H]3CCCC[C@H]3C)CC2)cc1. The zero-order valence-corrected chi connectivity index (χ0v) is 16.0. The van der Waals surface area contributed by atoms with Crippen LogP contribution in [0, 0.1) is 5.92 Å². The molecule has 26 heavy (non-hydrogen) atoms. The predicted molar refractivity (Wildman–Crippen MR) is 102 cm³/mol. The number of hydrogen-bond donors (Lipinski definition) is 2. The molecule has 1 saturated carbocycles. The van der Waals surface area contributed by atoms with Crippen molar-refractivity contribution in [2.24, 2.45) is 5.92 Å². The Balaban J connectivity index is 1.48. The molecular weight excluding hydrogens is 328 g/mol. The summed E-state index contributed by atoms with van der Waals surface area (Å²) in [5.74, 6) is 1.50. The normalized spacial score (nSPS) is 26.3. The second kappa shape index (κ2) is 8.40. The predicted octanol–water partition coefficient (Wildman–Crippen LogP) is 2.67. The van der Waals surface area contributed by atoms with Crippen LogP contribution < -0.4 is 10.1 Å². The molecule has 0 aromatic heterocycles. The highest BCUT2D eigenvalue weighted by Crippen LogP contribution is 2.33. The Labute approximate surface area is 156 Å². The lowest BCUT2D eigenvalue weighted by atomic mass is 9.84. The number of nitrogens with zero attached hydrogens (tertiary/aromatic N) is 1. The van der Waals surface area contributed by atoms with Crippen LogP contribution in [-0.2, 0) is 10.4 Å². The number of aliphatic hydroxyl groups is 1. The van der Waals surface area contributed by atoms with Crippen molar-refractivity contribution in [2.45, 2.75) is 57.1 Å². The summed E-state index contributed by atoms with van der Waals surface area (Å²) >= 11 is 0. The van der Waals surface area contributed by atoms with Crippen LogP contribution in [-0.4, -0.2) is 48.7 Å². The van der Waals surface area contributed by atoms with Gasteiger partial charge in [-0.3, -0.25) is 9.69 Å². The van der Waals surface area contributed by atoms with Crippen LogP contribution in [0.5, 0.6) is 5.75 Å². The number of ether oxygens (including phenoxy) is 1. The molecule has 2 atom stereocenters. The molecule has 1 saturated heterocycles. The minimum atomic E-state index is -0.808. The average molecular weight is 360 g/mol. The highest BCUT2D eigenvalue weighted by molar-refractivity contribution is 5.78. The molecule has 2 fully saturated rings. The number of hydrogen-bond acceptors (Lipinski definition) is 4. The van der Waals surface area contributed by atoms with Gasteiger partial charge in [-0.2, -0.15) is 0 Å². The van der Waals surface area contributed by atoms with Crippen LogP contribution in [0.25, 0.3) is 0 Å². The van der Waals surface area contributed by atoms with Gasteiger partial charge >= 0.3 is 0 Å². The fourth-order valence-corrected chi connectivity index (χ4v) is 4.26. The molecule has 5 nitrogen and oxygen atoms in total. The second-order valence-corrected chi connectivity index (χ2v) is 7.97. The van der Waals surface area contributed by atoms with Crippen LogP contribution in [0.4, 0.5) is 0 Å². The molecule has 1 aromatic carbocycles. The number of benzene rings is 1. The molecule has 1 aliphatic carbocycles. The number of nitrogens with one attached hydrogen (secondary N) is 1. The zero-order chi connectivity index (χ0) is 18.6. The highest BCUT2D eigenvalue weighted by Gasteiger charge is 2.34. The summed E-state index contributed by atoms with van der Waals surface area (Å²) in [6.07, 6.45) is 6.10. The summed E-state index contributed by atoms with van der Waals surface area (Å²) in [6, 6.07) is 7.98. The first-order valence-electron chi connectivity index (χ1n) is 9.89. The molecule has 2 aliphatic rings. The minimum Gasteiger partial charge on any atom is -0.497 e. The van der Waals surface area contributed by atoms with Gasteiger partial charge in [0.25, 0.3) is 0 Å². The molecule has 1 heterocycles. The molecule has 0 bridgehead atoms. The Bertz CT molecular complexity index is 594. The first-order chi connectivity index (χ1) is 12.5. The summed E-state index contributed by atoms with van der Waals surface area (Å²) in [4.78, 5) is 14.6. The summed E-state index contributed by atoms with van der Waals surface area (Å²) in [5.41, 5.74) is 0.121. The van der Waals surface area contributed by atoms with Crippen molar-refractivity contribution in [2.75, 3.05) is 26.7 Å². The molecule has 144 valence electrons. The Morgan fingerprint density at radius 3 is 2.50 bits per heavy atom. The van der Waals surface area contributed by atoms with Crippen LogP contribution in [0.15, 0.2) is 24.3 Å². The molecule has 0 spiro atoms. The number of likely N-dealkylation sites (tertiary alicyclic amines) is 1. The summed E-state index contributed by atoms with van der Waals surface area (Å²) in [5, 5.41) is 14.2. The molecule has 0 unspecified atom stereocenters. The first kappa shape index (κ1) is 19.2. The average Bonchev–Trinajstić information content (AvgIpc) is 2.66. The topological polar surface area (TPSA) is 61.8 Å². The van der Waals surface area contributed by atoms with Crippen molar-refractivity contribution in [1.82, 2.24) is 10.2 Å². The smallest absolute Gasteiger partial charge is 0.234 e. The van der Waals surface area contributed by atoms with E-state index in [2.05, 4.69) is 17.1 Å². The van der Waals surface area contributed by atoms with Crippen LogP contribution in [0.2, 0.25) is 0 Å². The fraction of sp³-hybridized carbons (Fsp3) is 0.667. The summed E-state index contributed by atoms with van der Waals surface area (Å²) < 4.78 is 5.19. The Morgan fingerprint density at radius 1 is 1.23 bits per heavy atom. The first-order valence-corrected chi connectivity index (χ1v) is 9.89. The third-order valence-corrected chi connectivity index (χ3v) is 6.14. The number of rotatable bonds is 5. The van der Waals surface area contributed by atoms with E-state index in [0.29, 0.717) is 31.3 Å². The molecule has 5 heteroatoms. The van der Waals surface area contributed by atoms with E-state index in [1.807, 2.05) is 24.3 Å². The molecule has 0 radical (unpaired) electrons. The third kappa shape index (κ3) is 4.57. The van der Waals surface area contributed by atoms with Crippen LogP contribution >= 0.6 is 0 Å². The second-order valence-electron chi connectivity index (χ2n) is 7.97. The largest absolute Gasteiger partial charge is 0.497 e. The van der Waals surface area contributed by atoms with Gasteiger partial charge in [-0.1, -0.05) is 31.9 Å². The van der Waals surface area contributed by atoms with Gasteiger partial charge in [0.15, 0.2) is 0 Å². The molecule has 3 rings (SSSR count). The van der Waals surface area contributed by atoms with Gasteiger partial charge in [0.05, 0.1) is 19.3 Å².